The van der Waals surface area contributed by atoms with E-state index in [1.54, 1.807) is 0 Å². The molecular weight excluding hydrogens is 322 g/mol. The molecule has 2 saturated carbocycles. The van der Waals surface area contributed by atoms with E-state index in [2.05, 4.69) is 24.3 Å². The first-order chi connectivity index (χ1) is 12.7. The van der Waals surface area contributed by atoms with Gasteiger partial charge in [0.25, 0.3) is 0 Å². The van der Waals surface area contributed by atoms with Crippen LogP contribution in [0.4, 0.5) is 0 Å². The summed E-state index contributed by atoms with van der Waals surface area (Å²) < 4.78 is 0. The van der Waals surface area contributed by atoms with E-state index < -0.39 is 5.97 Å². The molecular formula is C23H29NO2. The van der Waals surface area contributed by atoms with Gasteiger partial charge in [-0.2, -0.15) is 0 Å². The third-order valence-corrected chi connectivity index (χ3v) is 6.39. The Balaban J connectivity index is 1.83. The molecule has 1 heterocycles. The van der Waals surface area contributed by atoms with Crippen molar-refractivity contribution >= 4 is 16.9 Å². The number of carbonyl (C=O) groups is 1. The zero-order chi connectivity index (χ0) is 17.9. The van der Waals surface area contributed by atoms with Crippen molar-refractivity contribution in [3.8, 4) is 0 Å². The Hall–Kier alpha value is -1.90. The minimum absolute atomic E-state index is 0.0901. The summed E-state index contributed by atoms with van der Waals surface area (Å²) in [5.41, 5.74) is 4.52. The minimum Gasteiger partial charge on any atom is -0.481 e. The standard InChI is InChI=1S/C23H29NO2/c25-22(26)15-18-14-21(17-10-5-2-6-11-17)24-23-19(12-7-13-20(18)23)16-8-3-1-4-9-16/h7,12-14,16-17H,1-6,8-11,15H2,(H,25,26). The summed E-state index contributed by atoms with van der Waals surface area (Å²) in [6.45, 7) is 0. The Morgan fingerprint density at radius 1 is 0.962 bits per heavy atom. The van der Waals surface area contributed by atoms with Crippen LogP contribution in [0, 0.1) is 0 Å². The maximum atomic E-state index is 11.5. The number of hydrogen-bond acceptors (Lipinski definition) is 2. The van der Waals surface area contributed by atoms with Gasteiger partial charge in [-0.25, -0.2) is 0 Å². The van der Waals surface area contributed by atoms with Gasteiger partial charge in [0.1, 0.15) is 0 Å². The molecule has 0 atom stereocenters. The number of carboxylic acids is 1. The summed E-state index contributed by atoms with van der Waals surface area (Å²) in [6, 6.07) is 8.49. The van der Waals surface area contributed by atoms with Gasteiger partial charge in [-0.05, 0) is 48.8 Å². The topological polar surface area (TPSA) is 50.2 Å². The second-order valence-electron chi connectivity index (χ2n) is 8.19. The molecule has 0 unspecified atom stereocenters. The molecule has 26 heavy (non-hydrogen) atoms. The van der Waals surface area contributed by atoms with Crippen molar-refractivity contribution in [3.05, 3.63) is 41.1 Å². The average molecular weight is 351 g/mol. The molecule has 0 radical (unpaired) electrons. The van der Waals surface area contributed by atoms with Crippen molar-refractivity contribution in [1.82, 2.24) is 4.98 Å². The Morgan fingerprint density at radius 3 is 2.27 bits per heavy atom. The SMILES string of the molecule is O=C(O)Cc1cc(C2CCCCC2)nc2c(C3CCCCC3)cccc12. The third kappa shape index (κ3) is 3.62. The molecule has 3 nitrogen and oxygen atoms in total. The fourth-order valence-electron chi connectivity index (χ4n) is 5.02. The van der Waals surface area contributed by atoms with Crippen molar-refractivity contribution in [3.63, 3.8) is 0 Å². The Labute approximate surface area is 155 Å². The predicted molar refractivity (Wildman–Crippen MR) is 105 cm³/mol. The fraction of sp³-hybridized carbons (Fsp3) is 0.565. The lowest BCUT2D eigenvalue weighted by Crippen LogP contribution is -2.11. The first-order valence-corrected chi connectivity index (χ1v) is 10.4. The number of aromatic nitrogens is 1. The first-order valence-electron chi connectivity index (χ1n) is 10.4. The van der Waals surface area contributed by atoms with Crippen LogP contribution in [0.25, 0.3) is 10.9 Å². The smallest absolute Gasteiger partial charge is 0.307 e. The number of fused-ring (bicyclic) bond motifs is 1. The first kappa shape index (κ1) is 17.5. The molecule has 1 aromatic heterocycles. The molecule has 2 aromatic rings. The highest BCUT2D eigenvalue weighted by Gasteiger charge is 2.23. The van der Waals surface area contributed by atoms with Gasteiger partial charge in [0.05, 0.1) is 11.9 Å². The maximum Gasteiger partial charge on any atom is 0.307 e. The lowest BCUT2D eigenvalue weighted by atomic mass is 9.82. The van der Waals surface area contributed by atoms with Crippen LogP contribution in [0.3, 0.4) is 0 Å². The highest BCUT2D eigenvalue weighted by molar-refractivity contribution is 5.88. The van der Waals surface area contributed by atoms with Crippen LogP contribution >= 0.6 is 0 Å². The predicted octanol–water partition coefficient (Wildman–Crippen LogP) is 5.96. The van der Waals surface area contributed by atoms with Crippen LogP contribution in [0.15, 0.2) is 24.3 Å². The minimum atomic E-state index is -0.754. The van der Waals surface area contributed by atoms with E-state index >= 15 is 0 Å². The second kappa shape index (κ2) is 7.77. The molecule has 1 aromatic carbocycles. The molecule has 4 rings (SSSR count). The lowest BCUT2D eigenvalue weighted by Gasteiger charge is -2.25. The van der Waals surface area contributed by atoms with Gasteiger partial charge in [0.15, 0.2) is 0 Å². The van der Waals surface area contributed by atoms with Crippen molar-refractivity contribution in [1.29, 1.82) is 0 Å². The van der Waals surface area contributed by atoms with Gasteiger partial charge in [-0.1, -0.05) is 56.7 Å². The maximum absolute atomic E-state index is 11.5. The number of nitrogens with zero attached hydrogens (tertiary/aromatic N) is 1. The quantitative estimate of drug-likeness (QED) is 0.739. The molecule has 0 amide bonds. The van der Waals surface area contributed by atoms with Gasteiger partial charge >= 0.3 is 5.97 Å². The summed E-state index contributed by atoms with van der Waals surface area (Å²) in [4.78, 5) is 16.6. The molecule has 3 heteroatoms. The van der Waals surface area contributed by atoms with Crippen LogP contribution < -0.4 is 0 Å². The Kier molecular flexibility index (Phi) is 5.23. The number of carboxylic acid groups (broad SMARTS) is 1. The van der Waals surface area contributed by atoms with E-state index in [4.69, 9.17) is 4.98 Å². The molecule has 138 valence electrons. The van der Waals surface area contributed by atoms with E-state index in [9.17, 15) is 9.90 Å². The van der Waals surface area contributed by atoms with E-state index in [-0.39, 0.29) is 6.42 Å². The van der Waals surface area contributed by atoms with Gasteiger partial charge in [0, 0.05) is 17.0 Å². The van der Waals surface area contributed by atoms with E-state index in [0.29, 0.717) is 11.8 Å². The van der Waals surface area contributed by atoms with Crippen LogP contribution in [0.1, 0.15) is 92.9 Å². The number of rotatable bonds is 4. The number of hydrogen-bond donors (Lipinski definition) is 1. The normalized spacial score (nSPS) is 19.7. The van der Waals surface area contributed by atoms with Crippen LogP contribution in [0.2, 0.25) is 0 Å². The summed E-state index contributed by atoms with van der Waals surface area (Å²) in [5.74, 6) is 0.328. The molecule has 2 aliphatic rings. The summed E-state index contributed by atoms with van der Waals surface area (Å²) >= 11 is 0. The van der Waals surface area contributed by atoms with Gasteiger partial charge < -0.3 is 5.11 Å². The summed E-state index contributed by atoms with van der Waals surface area (Å²) in [7, 11) is 0. The Bertz CT molecular complexity index is 786. The number of aliphatic carboxylic acids is 1. The average Bonchev–Trinajstić information content (AvgIpc) is 2.68. The number of para-hydroxylation sites is 1. The van der Waals surface area contributed by atoms with Gasteiger partial charge in [-0.15, -0.1) is 0 Å². The molecule has 1 N–H and O–H groups in total. The largest absolute Gasteiger partial charge is 0.481 e. The van der Waals surface area contributed by atoms with Crippen LogP contribution in [0.5, 0.6) is 0 Å². The van der Waals surface area contributed by atoms with Gasteiger partial charge in [-0.3, -0.25) is 9.78 Å². The number of benzene rings is 1. The zero-order valence-electron chi connectivity index (χ0n) is 15.5. The monoisotopic (exact) mass is 351 g/mol. The summed E-state index contributed by atoms with van der Waals surface area (Å²) in [5, 5.41) is 10.5. The highest BCUT2D eigenvalue weighted by atomic mass is 16.4. The van der Waals surface area contributed by atoms with Crippen molar-refractivity contribution in [2.24, 2.45) is 0 Å². The fourth-order valence-corrected chi connectivity index (χ4v) is 5.02. The molecule has 0 aliphatic heterocycles. The molecule has 0 bridgehead atoms. The van der Waals surface area contributed by atoms with Crippen molar-refractivity contribution < 1.29 is 9.90 Å². The van der Waals surface area contributed by atoms with E-state index in [0.717, 1.165) is 22.2 Å². The van der Waals surface area contributed by atoms with E-state index in [1.807, 2.05) is 0 Å². The van der Waals surface area contributed by atoms with Crippen LogP contribution in [-0.4, -0.2) is 16.1 Å². The molecule has 0 saturated heterocycles. The highest BCUT2D eigenvalue weighted by Crippen LogP contribution is 2.38. The second-order valence-corrected chi connectivity index (χ2v) is 8.19. The van der Waals surface area contributed by atoms with Crippen LogP contribution in [-0.2, 0) is 11.2 Å². The number of pyridine rings is 1. The molecule has 2 aliphatic carbocycles. The third-order valence-electron chi connectivity index (χ3n) is 6.39. The molecule has 2 fully saturated rings. The lowest BCUT2D eigenvalue weighted by molar-refractivity contribution is -0.136. The molecule has 0 spiro atoms. The van der Waals surface area contributed by atoms with Crippen molar-refractivity contribution in [2.75, 3.05) is 0 Å². The summed E-state index contributed by atoms with van der Waals surface area (Å²) in [6.07, 6.45) is 12.7. The Morgan fingerprint density at radius 2 is 1.62 bits per heavy atom. The van der Waals surface area contributed by atoms with Crippen molar-refractivity contribution in [2.45, 2.75) is 82.5 Å². The van der Waals surface area contributed by atoms with Gasteiger partial charge in [0.2, 0.25) is 0 Å². The zero-order valence-corrected chi connectivity index (χ0v) is 15.5. The van der Waals surface area contributed by atoms with E-state index in [1.165, 1.54) is 69.8 Å².